The van der Waals surface area contributed by atoms with Gasteiger partial charge >= 0.3 is 0 Å². The summed E-state index contributed by atoms with van der Waals surface area (Å²) in [4.78, 5) is 15.3. The third-order valence-corrected chi connectivity index (χ3v) is 3.20. The molecule has 0 aliphatic rings. The molecule has 0 unspecified atom stereocenters. The van der Waals surface area contributed by atoms with Crippen molar-refractivity contribution < 1.29 is 4.79 Å². The first kappa shape index (κ1) is 13.5. The van der Waals surface area contributed by atoms with Crippen LogP contribution in [0.5, 0.6) is 0 Å². The van der Waals surface area contributed by atoms with Gasteiger partial charge in [-0.15, -0.1) is 0 Å². The van der Waals surface area contributed by atoms with E-state index in [4.69, 9.17) is 0 Å². The Balaban J connectivity index is 2.38. The third kappa shape index (κ3) is 3.28. The summed E-state index contributed by atoms with van der Waals surface area (Å²) in [6.45, 7) is 5.91. The molecule has 1 heterocycles. The fourth-order valence-corrected chi connectivity index (χ4v) is 1.86. The van der Waals surface area contributed by atoms with Gasteiger partial charge in [-0.1, -0.05) is 31.2 Å². The van der Waals surface area contributed by atoms with E-state index in [-0.39, 0.29) is 0 Å². The number of hydrogen-bond acceptors (Lipinski definition) is 2. The topological polar surface area (TPSA) is 30.0 Å². The quantitative estimate of drug-likeness (QED) is 0.770. The van der Waals surface area contributed by atoms with E-state index in [9.17, 15) is 4.79 Å². The fourth-order valence-electron chi connectivity index (χ4n) is 1.86. The molecular formula is C17H19NO. The number of carbonyl (C=O) groups is 1. The molecule has 0 atom stereocenters. The molecule has 1 aromatic carbocycles. The Morgan fingerprint density at radius 3 is 2.68 bits per heavy atom. The zero-order valence-electron chi connectivity index (χ0n) is 11.7. The molecule has 2 heteroatoms. The van der Waals surface area contributed by atoms with Crippen LogP contribution in [-0.2, 0) is 11.2 Å². The second-order valence-electron chi connectivity index (χ2n) is 5.42. The van der Waals surface area contributed by atoms with E-state index in [2.05, 4.69) is 36.2 Å². The van der Waals surface area contributed by atoms with Gasteiger partial charge in [-0.3, -0.25) is 4.98 Å². The van der Waals surface area contributed by atoms with Crippen molar-refractivity contribution in [3.63, 3.8) is 0 Å². The zero-order valence-corrected chi connectivity index (χ0v) is 11.7. The maximum absolute atomic E-state index is 10.9. The number of pyridine rings is 1. The Labute approximate surface area is 114 Å². The zero-order chi connectivity index (χ0) is 13.9. The largest absolute Gasteiger partial charge is 0.302 e. The number of allylic oxidation sites excluding steroid dienone is 1. The standard InChI is InChI=1S/C17H19NO/c1-4-13-5-6-14-11-18-16(10-15(14)9-13)7-8-17(2,3)12-19/h5-12H,4H2,1-3H3/b8-7+. The molecule has 19 heavy (non-hydrogen) atoms. The van der Waals surface area contributed by atoms with Crippen molar-refractivity contribution in [2.24, 2.45) is 5.41 Å². The van der Waals surface area contributed by atoms with Gasteiger partial charge in [0.1, 0.15) is 6.29 Å². The smallest absolute Gasteiger partial charge is 0.129 e. The summed E-state index contributed by atoms with van der Waals surface area (Å²) >= 11 is 0. The number of benzene rings is 1. The molecule has 2 nitrogen and oxygen atoms in total. The van der Waals surface area contributed by atoms with Gasteiger partial charge in [0.15, 0.2) is 0 Å². The van der Waals surface area contributed by atoms with Crippen LogP contribution in [0.3, 0.4) is 0 Å². The highest BCUT2D eigenvalue weighted by Gasteiger charge is 2.10. The SMILES string of the molecule is CCc1ccc2cnc(/C=C/C(C)(C)C=O)cc2c1. The predicted octanol–water partition coefficient (Wildman–Crippen LogP) is 4.04. The van der Waals surface area contributed by atoms with Crippen molar-refractivity contribution in [1.82, 2.24) is 4.98 Å². The van der Waals surface area contributed by atoms with Gasteiger partial charge in [0.2, 0.25) is 0 Å². The normalized spacial score (nSPS) is 12.2. The summed E-state index contributed by atoms with van der Waals surface area (Å²) in [5.41, 5.74) is 1.76. The van der Waals surface area contributed by atoms with Crippen molar-refractivity contribution in [2.45, 2.75) is 27.2 Å². The molecule has 0 N–H and O–H groups in total. The lowest BCUT2D eigenvalue weighted by Crippen LogP contribution is -2.07. The summed E-state index contributed by atoms with van der Waals surface area (Å²) < 4.78 is 0. The van der Waals surface area contributed by atoms with Crippen molar-refractivity contribution in [3.8, 4) is 0 Å². The summed E-state index contributed by atoms with van der Waals surface area (Å²) in [5.74, 6) is 0. The minimum absolute atomic E-state index is 0.443. The summed E-state index contributed by atoms with van der Waals surface area (Å²) in [7, 11) is 0. The van der Waals surface area contributed by atoms with E-state index in [1.807, 2.05) is 32.2 Å². The summed E-state index contributed by atoms with van der Waals surface area (Å²) in [5, 5.41) is 2.34. The van der Waals surface area contributed by atoms with Gasteiger partial charge in [-0.05, 0) is 43.4 Å². The van der Waals surface area contributed by atoms with Crippen molar-refractivity contribution in [2.75, 3.05) is 0 Å². The Morgan fingerprint density at radius 1 is 1.21 bits per heavy atom. The van der Waals surface area contributed by atoms with Gasteiger partial charge in [0.25, 0.3) is 0 Å². The van der Waals surface area contributed by atoms with E-state index in [1.165, 1.54) is 10.9 Å². The van der Waals surface area contributed by atoms with E-state index >= 15 is 0 Å². The lowest BCUT2D eigenvalue weighted by atomic mass is 9.95. The Kier molecular flexibility index (Phi) is 3.79. The molecule has 0 bridgehead atoms. The molecule has 0 amide bonds. The average molecular weight is 253 g/mol. The second kappa shape index (κ2) is 5.35. The molecule has 1 aromatic heterocycles. The lowest BCUT2D eigenvalue weighted by molar-refractivity contribution is -0.112. The van der Waals surface area contributed by atoms with Crippen LogP contribution in [0.4, 0.5) is 0 Å². The molecule has 0 fully saturated rings. The first-order valence-corrected chi connectivity index (χ1v) is 6.58. The first-order chi connectivity index (χ1) is 9.04. The van der Waals surface area contributed by atoms with Crippen molar-refractivity contribution in [3.05, 3.63) is 47.8 Å². The van der Waals surface area contributed by atoms with Gasteiger partial charge in [0, 0.05) is 17.0 Å². The lowest BCUT2D eigenvalue weighted by Gasteiger charge is -2.09. The van der Waals surface area contributed by atoms with Crippen LogP contribution >= 0.6 is 0 Å². The van der Waals surface area contributed by atoms with Gasteiger partial charge < -0.3 is 4.79 Å². The number of aromatic nitrogens is 1. The molecule has 98 valence electrons. The minimum atomic E-state index is -0.443. The Bertz CT molecular complexity index is 626. The van der Waals surface area contributed by atoms with E-state index in [0.717, 1.165) is 23.8 Å². The Morgan fingerprint density at radius 2 is 2.00 bits per heavy atom. The number of aldehydes is 1. The number of fused-ring (bicyclic) bond motifs is 1. The third-order valence-electron chi connectivity index (χ3n) is 3.20. The van der Waals surface area contributed by atoms with Crippen LogP contribution in [0.1, 0.15) is 32.0 Å². The molecular weight excluding hydrogens is 234 g/mol. The minimum Gasteiger partial charge on any atom is -0.302 e. The monoisotopic (exact) mass is 253 g/mol. The van der Waals surface area contributed by atoms with Crippen LogP contribution < -0.4 is 0 Å². The van der Waals surface area contributed by atoms with Crippen LogP contribution in [0.25, 0.3) is 16.8 Å². The maximum atomic E-state index is 10.9. The fraction of sp³-hybridized carbons (Fsp3) is 0.294. The highest BCUT2D eigenvalue weighted by molar-refractivity contribution is 5.84. The first-order valence-electron chi connectivity index (χ1n) is 6.58. The van der Waals surface area contributed by atoms with Crippen LogP contribution in [-0.4, -0.2) is 11.3 Å². The molecule has 0 radical (unpaired) electrons. The maximum Gasteiger partial charge on any atom is 0.129 e. The molecule has 2 aromatic rings. The van der Waals surface area contributed by atoms with Crippen LogP contribution in [0.2, 0.25) is 0 Å². The van der Waals surface area contributed by atoms with Crippen molar-refractivity contribution >= 4 is 23.1 Å². The second-order valence-corrected chi connectivity index (χ2v) is 5.42. The van der Waals surface area contributed by atoms with Gasteiger partial charge in [0.05, 0.1) is 5.69 Å². The predicted molar refractivity (Wildman–Crippen MR) is 80.0 cm³/mol. The molecule has 0 aliphatic carbocycles. The van der Waals surface area contributed by atoms with E-state index in [0.29, 0.717) is 0 Å². The summed E-state index contributed by atoms with van der Waals surface area (Å²) in [6.07, 6.45) is 7.65. The van der Waals surface area contributed by atoms with Gasteiger partial charge in [-0.25, -0.2) is 0 Å². The Hall–Kier alpha value is -1.96. The number of carbonyl (C=O) groups excluding carboxylic acids is 1. The van der Waals surface area contributed by atoms with Crippen LogP contribution in [0, 0.1) is 5.41 Å². The number of aryl methyl sites for hydroxylation is 1. The number of nitrogens with zero attached hydrogens (tertiary/aromatic N) is 1. The van der Waals surface area contributed by atoms with Crippen LogP contribution in [0.15, 0.2) is 36.5 Å². The molecule has 2 rings (SSSR count). The summed E-state index contributed by atoms with van der Waals surface area (Å²) in [6, 6.07) is 8.49. The molecule has 0 saturated heterocycles. The number of rotatable bonds is 4. The van der Waals surface area contributed by atoms with E-state index < -0.39 is 5.41 Å². The molecule has 0 spiro atoms. The van der Waals surface area contributed by atoms with Crippen molar-refractivity contribution in [1.29, 1.82) is 0 Å². The highest BCUT2D eigenvalue weighted by Crippen LogP contribution is 2.19. The average Bonchev–Trinajstić information content (AvgIpc) is 2.44. The van der Waals surface area contributed by atoms with Gasteiger partial charge in [-0.2, -0.15) is 0 Å². The molecule has 0 aliphatic heterocycles. The molecule has 0 saturated carbocycles. The highest BCUT2D eigenvalue weighted by atomic mass is 16.1. The number of hydrogen-bond donors (Lipinski definition) is 0. The van der Waals surface area contributed by atoms with E-state index in [1.54, 1.807) is 0 Å².